The number of pyridine rings is 1. The van der Waals surface area contributed by atoms with Gasteiger partial charge in [-0.3, -0.25) is 9.69 Å². The highest BCUT2D eigenvalue weighted by molar-refractivity contribution is 9.10. The van der Waals surface area contributed by atoms with Gasteiger partial charge in [0.25, 0.3) is 0 Å². The number of likely N-dealkylation sites (tertiary alicyclic amines) is 1. The van der Waals surface area contributed by atoms with Crippen LogP contribution in [0.5, 0.6) is 0 Å². The zero-order chi connectivity index (χ0) is 15.9. The zero-order valence-electron chi connectivity index (χ0n) is 12.9. The number of rotatable bonds is 3. The van der Waals surface area contributed by atoms with E-state index in [1.807, 2.05) is 19.1 Å². The summed E-state index contributed by atoms with van der Waals surface area (Å²) in [5.41, 5.74) is 3.96. The molecular weight excluding hydrogens is 344 g/mol. The molecule has 3 rings (SSSR count). The molecule has 1 saturated heterocycles. The van der Waals surface area contributed by atoms with E-state index < -0.39 is 0 Å². The summed E-state index contributed by atoms with van der Waals surface area (Å²) >= 11 is 3.53. The molecule has 4 nitrogen and oxygen atoms in total. The second-order valence-corrected chi connectivity index (χ2v) is 7.04. The van der Waals surface area contributed by atoms with Gasteiger partial charge in [-0.2, -0.15) is 0 Å². The predicted octanol–water partition coefficient (Wildman–Crippen LogP) is 3.34. The summed E-state index contributed by atoms with van der Waals surface area (Å²) in [4.78, 5) is 13.8. The predicted molar refractivity (Wildman–Crippen MR) is 90.5 cm³/mol. The van der Waals surface area contributed by atoms with Gasteiger partial charge in [-0.15, -0.1) is 0 Å². The van der Waals surface area contributed by atoms with E-state index in [9.17, 15) is 9.90 Å². The summed E-state index contributed by atoms with van der Waals surface area (Å²) in [7, 11) is 0. The monoisotopic (exact) mass is 364 g/mol. The summed E-state index contributed by atoms with van der Waals surface area (Å²) in [5.74, 6) is 0. The van der Waals surface area contributed by atoms with Crippen molar-refractivity contribution in [2.75, 3.05) is 13.1 Å². The third kappa shape index (κ3) is 2.73. The van der Waals surface area contributed by atoms with Crippen molar-refractivity contribution >= 4 is 27.7 Å². The average molecular weight is 365 g/mol. The Morgan fingerprint density at radius 1 is 1.36 bits per heavy atom. The zero-order valence-corrected chi connectivity index (χ0v) is 14.5. The average Bonchev–Trinajstić information content (AvgIpc) is 2.86. The Bertz CT molecular complexity index is 702. The van der Waals surface area contributed by atoms with Crippen molar-refractivity contribution in [3.05, 3.63) is 39.6 Å². The van der Waals surface area contributed by atoms with Gasteiger partial charge in [-0.25, -0.2) is 0 Å². The normalized spacial score (nSPS) is 18.7. The van der Waals surface area contributed by atoms with E-state index in [1.54, 1.807) is 0 Å². The minimum Gasteiger partial charge on any atom is -0.393 e. The van der Waals surface area contributed by atoms with Crippen molar-refractivity contribution in [1.82, 2.24) is 9.30 Å². The number of carbonyl (C=O) groups excluding carboxylic acids is 1. The first-order chi connectivity index (χ1) is 10.5. The lowest BCUT2D eigenvalue weighted by Gasteiger charge is -2.35. The molecule has 3 heterocycles. The smallest absolute Gasteiger partial charge is 0.150 e. The topological polar surface area (TPSA) is 45.0 Å². The van der Waals surface area contributed by atoms with Crippen LogP contribution in [0, 0.1) is 6.92 Å². The number of nitrogens with zero attached hydrogens (tertiary/aromatic N) is 2. The summed E-state index contributed by atoms with van der Waals surface area (Å²) in [5, 5.41) is 9.71. The Balaban J connectivity index is 2.07. The maximum Gasteiger partial charge on any atom is 0.150 e. The molecule has 1 aliphatic heterocycles. The van der Waals surface area contributed by atoms with Crippen LogP contribution in [-0.2, 0) is 0 Å². The van der Waals surface area contributed by atoms with Gasteiger partial charge in [0.2, 0.25) is 0 Å². The van der Waals surface area contributed by atoms with Gasteiger partial charge in [0.1, 0.15) is 6.29 Å². The number of hydrogen-bond donors (Lipinski definition) is 1. The lowest BCUT2D eigenvalue weighted by molar-refractivity contribution is 0.0632. The lowest BCUT2D eigenvalue weighted by atomic mass is 9.99. The molecule has 1 unspecified atom stereocenters. The number of aldehydes is 1. The highest BCUT2D eigenvalue weighted by atomic mass is 79.9. The first-order valence-corrected chi connectivity index (χ1v) is 8.49. The third-order valence-electron chi connectivity index (χ3n) is 4.77. The molecule has 1 atom stereocenters. The fraction of sp³-hybridized carbons (Fsp3) is 0.471. The van der Waals surface area contributed by atoms with Crippen LogP contribution in [0.4, 0.5) is 0 Å². The fourth-order valence-electron chi connectivity index (χ4n) is 3.45. The standard InChI is InChI=1S/C17H21BrN2O2/c1-11-13(10-21)7-15-8-14(18)9-20(15)17(11)12(2)19-5-3-16(22)4-6-19/h7-10,12,16,22H,3-6H2,1-2H3. The molecule has 0 amide bonds. The van der Waals surface area contributed by atoms with E-state index in [-0.39, 0.29) is 12.1 Å². The Hall–Kier alpha value is -1.17. The van der Waals surface area contributed by atoms with Crippen molar-refractivity contribution in [3.63, 3.8) is 0 Å². The maximum atomic E-state index is 11.4. The van der Waals surface area contributed by atoms with Crippen molar-refractivity contribution in [1.29, 1.82) is 0 Å². The summed E-state index contributed by atoms with van der Waals surface area (Å²) < 4.78 is 3.18. The van der Waals surface area contributed by atoms with Gasteiger partial charge >= 0.3 is 0 Å². The molecule has 0 aromatic carbocycles. The van der Waals surface area contributed by atoms with Gasteiger partial charge < -0.3 is 9.51 Å². The number of piperidine rings is 1. The van der Waals surface area contributed by atoms with Crippen molar-refractivity contribution < 1.29 is 9.90 Å². The van der Waals surface area contributed by atoms with Crippen LogP contribution >= 0.6 is 15.9 Å². The Morgan fingerprint density at radius 3 is 2.68 bits per heavy atom. The molecule has 1 aliphatic rings. The first-order valence-electron chi connectivity index (χ1n) is 7.69. The number of aromatic nitrogens is 1. The molecule has 1 fully saturated rings. The minimum absolute atomic E-state index is 0.174. The second kappa shape index (κ2) is 6.14. The maximum absolute atomic E-state index is 11.4. The molecule has 0 spiro atoms. The van der Waals surface area contributed by atoms with E-state index in [2.05, 4.69) is 38.4 Å². The molecule has 0 bridgehead atoms. The van der Waals surface area contributed by atoms with E-state index >= 15 is 0 Å². The van der Waals surface area contributed by atoms with E-state index in [0.29, 0.717) is 0 Å². The summed E-state index contributed by atoms with van der Waals surface area (Å²) in [6, 6.07) is 4.17. The highest BCUT2D eigenvalue weighted by Crippen LogP contribution is 2.31. The van der Waals surface area contributed by atoms with Gasteiger partial charge in [0.05, 0.1) is 6.10 Å². The Morgan fingerprint density at radius 2 is 2.05 bits per heavy atom. The van der Waals surface area contributed by atoms with Crippen LogP contribution in [0.15, 0.2) is 22.8 Å². The van der Waals surface area contributed by atoms with Gasteiger partial charge in [0, 0.05) is 46.6 Å². The third-order valence-corrected chi connectivity index (χ3v) is 5.20. The number of hydrogen-bond acceptors (Lipinski definition) is 3. The first kappa shape index (κ1) is 15.7. The lowest BCUT2D eigenvalue weighted by Crippen LogP contribution is -2.38. The minimum atomic E-state index is -0.174. The van der Waals surface area contributed by atoms with E-state index in [1.165, 1.54) is 0 Å². The molecule has 0 saturated carbocycles. The van der Waals surface area contributed by atoms with E-state index in [0.717, 1.165) is 59.0 Å². The number of fused-ring (bicyclic) bond motifs is 1. The molecule has 1 N–H and O–H groups in total. The van der Waals surface area contributed by atoms with Crippen molar-refractivity contribution in [2.24, 2.45) is 0 Å². The number of carbonyl (C=O) groups is 1. The van der Waals surface area contributed by atoms with Gasteiger partial charge in [-0.05, 0) is 60.3 Å². The molecule has 2 aromatic rings. The van der Waals surface area contributed by atoms with Crippen LogP contribution in [0.3, 0.4) is 0 Å². The fourth-order valence-corrected chi connectivity index (χ4v) is 3.88. The second-order valence-electron chi connectivity index (χ2n) is 6.12. The quantitative estimate of drug-likeness (QED) is 0.849. The largest absolute Gasteiger partial charge is 0.393 e. The molecule has 22 heavy (non-hydrogen) atoms. The molecule has 118 valence electrons. The Kier molecular flexibility index (Phi) is 4.39. The van der Waals surface area contributed by atoms with Crippen LogP contribution in [0.2, 0.25) is 0 Å². The van der Waals surface area contributed by atoms with Gasteiger partial charge in [-0.1, -0.05) is 0 Å². The van der Waals surface area contributed by atoms with Crippen LogP contribution < -0.4 is 0 Å². The molecular formula is C17H21BrN2O2. The molecule has 0 aliphatic carbocycles. The number of aliphatic hydroxyl groups excluding tert-OH is 1. The highest BCUT2D eigenvalue weighted by Gasteiger charge is 2.25. The molecule has 2 aromatic heterocycles. The van der Waals surface area contributed by atoms with Crippen LogP contribution in [0.25, 0.3) is 5.52 Å². The number of aliphatic hydroxyl groups is 1. The number of halogens is 1. The molecule has 0 radical (unpaired) electrons. The van der Waals surface area contributed by atoms with Crippen LogP contribution in [-0.4, -0.2) is 39.9 Å². The summed E-state index contributed by atoms with van der Waals surface area (Å²) in [6.07, 6.45) is 4.45. The van der Waals surface area contributed by atoms with Crippen molar-refractivity contribution in [3.8, 4) is 0 Å². The molecule has 5 heteroatoms. The van der Waals surface area contributed by atoms with Gasteiger partial charge in [0.15, 0.2) is 0 Å². The van der Waals surface area contributed by atoms with Crippen molar-refractivity contribution in [2.45, 2.75) is 38.8 Å². The summed E-state index contributed by atoms with van der Waals surface area (Å²) in [6.45, 7) is 5.97. The van der Waals surface area contributed by atoms with E-state index in [4.69, 9.17) is 0 Å². The Labute approximate surface area is 138 Å². The van der Waals surface area contributed by atoms with Crippen LogP contribution in [0.1, 0.15) is 47.4 Å². The SMILES string of the molecule is Cc1c(C=O)cc2cc(Br)cn2c1C(C)N1CCC(O)CC1.